The van der Waals surface area contributed by atoms with Gasteiger partial charge in [-0.2, -0.15) is 11.3 Å². The van der Waals surface area contributed by atoms with Crippen molar-refractivity contribution in [2.24, 2.45) is 0 Å². The molecule has 0 saturated heterocycles. The second kappa shape index (κ2) is 3.99. The normalized spacial score (nSPS) is 13.4. The summed E-state index contributed by atoms with van der Waals surface area (Å²) in [5, 5.41) is 4.56. The predicted octanol–water partition coefficient (Wildman–Crippen LogP) is 3.31. The van der Waals surface area contributed by atoms with Crippen molar-refractivity contribution < 1.29 is 0 Å². The zero-order chi connectivity index (χ0) is 7.40. The lowest BCUT2D eigenvalue weighted by Crippen LogP contribution is -1.99. The van der Waals surface area contributed by atoms with E-state index < -0.39 is 0 Å². The van der Waals surface area contributed by atoms with Gasteiger partial charge < -0.3 is 0 Å². The number of halogens is 1. The third kappa shape index (κ3) is 2.31. The van der Waals surface area contributed by atoms with Gasteiger partial charge in [-0.25, -0.2) is 0 Å². The van der Waals surface area contributed by atoms with E-state index in [0.29, 0.717) is 5.38 Å². The molecule has 0 aliphatic rings. The van der Waals surface area contributed by atoms with E-state index >= 15 is 0 Å². The van der Waals surface area contributed by atoms with Gasteiger partial charge in [-0.3, -0.25) is 0 Å². The summed E-state index contributed by atoms with van der Waals surface area (Å²) in [6.07, 6.45) is 2.07. The lowest BCUT2D eigenvalue weighted by Gasteiger charge is -2.02. The topological polar surface area (TPSA) is 0 Å². The molecule has 0 nitrogen and oxygen atoms in total. The molecule has 0 radical (unpaired) electrons. The Morgan fingerprint density at radius 2 is 2.50 bits per heavy atom. The summed E-state index contributed by atoms with van der Waals surface area (Å²) in [4.78, 5) is 0. The molecule has 2 heteroatoms. The van der Waals surface area contributed by atoms with E-state index in [9.17, 15) is 0 Å². The average Bonchev–Trinajstić information content (AvgIpc) is 2.40. The lowest BCUT2D eigenvalue weighted by molar-refractivity contribution is 0.807. The summed E-state index contributed by atoms with van der Waals surface area (Å²) in [5.41, 5.74) is 1.37. The predicted molar refractivity (Wildman–Crippen MR) is 48.0 cm³/mol. The van der Waals surface area contributed by atoms with Gasteiger partial charge in [0, 0.05) is 5.38 Å². The first-order valence-electron chi connectivity index (χ1n) is 3.48. The largest absolute Gasteiger partial charge is 0.152 e. The molecule has 56 valence electrons. The standard InChI is InChI=1S/C8H11ClS/c1-2-8(9)5-7-3-4-10-6-7/h3-4,6,8H,2,5H2,1H3. The number of rotatable bonds is 3. The molecule has 0 fully saturated rings. The highest BCUT2D eigenvalue weighted by Crippen LogP contribution is 2.13. The maximum Gasteiger partial charge on any atom is 0.0374 e. The molecular formula is C8H11ClS. The Balaban J connectivity index is 2.40. The van der Waals surface area contributed by atoms with Crippen LogP contribution in [0.5, 0.6) is 0 Å². The van der Waals surface area contributed by atoms with Crippen LogP contribution in [-0.4, -0.2) is 5.38 Å². The van der Waals surface area contributed by atoms with Gasteiger partial charge in [0.1, 0.15) is 0 Å². The van der Waals surface area contributed by atoms with E-state index in [4.69, 9.17) is 11.6 Å². The Labute approximate surface area is 70.8 Å². The van der Waals surface area contributed by atoms with Crippen LogP contribution >= 0.6 is 22.9 Å². The Bertz CT molecular complexity index is 169. The third-order valence-electron chi connectivity index (χ3n) is 1.48. The molecule has 1 rings (SSSR count). The van der Waals surface area contributed by atoms with E-state index in [1.807, 2.05) is 0 Å². The van der Waals surface area contributed by atoms with Crippen molar-refractivity contribution in [3.63, 3.8) is 0 Å². The molecule has 1 atom stereocenters. The molecule has 0 amide bonds. The Morgan fingerprint density at radius 1 is 1.70 bits per heavy atom. The van der Waals surface area contributed by atoms with Crippen molar-refractivity contribution in [1.82, 2.24) is 0 Å². The summed E-state index contributed by atoms with van der Waals surface area (Å²) in [6.45, 7) is 2.12. The van der Waals surface area contributed by atoms with E-state index in [-0.39, 0.29) is 0 Å². The Kier molecular flexibility index (Phi) is 3.23. The molecule has 1 heterocycles. The van der Waals surface area contributed by atoms with Crippen LogP contribution in [0.25, 0.3) is 0 Å². The van der Waals surface area contributed by atoms with Crippen molar-refractivity contribution in [2.75, 3.05) is 0 Å². The lowest BCUT2D eigenvalue weighted by atomic mass is 10.1. The van der Waals surface area contributed by atoms with Crippen molar-refractivity contribution in [3.05, 3.63) is 22.4 Å². The van der Waals surface area contributed by atoms with Crippen LogP contribution in [0.2, 0.25) is 0 Å². The number of hydrogen-bond donors (Lipinski definition) is 0. The Hall–Kier alpha value is -0.0100. The van der Waals surface area contributed by atoms with Crippen LogP contribution in [0, 0.1) is 0 Å². The fourth-order valence-corrected chi connectivity index (χ4v) is 1.67. The van der Waals surface area contributed by atoms with Crippen LogP contribution < -0.4 is 0 Å². The summed E-state index contributed by atoms with van der Waals surface area (Å²) < 4.78 is 0. The molecule has 0 aliphatic carbocycles. The smallest absolute Gasteiger partial charge is 0.0374 e. The molecule has 1 unspecified atom stereocenters. The highest BCUT2D eigenvalue weighted by molar-refractivity contribution is 7.07. The third-order valence-corrected chi connectivity index (χ3v) is 2.68. The van der Waals surface area contributed by atoms with Crippen molar-refractivity contribution >= 4 is 22.9 Å². The minimum atomic E-state index is 0.314. The van der Waals surface area contributed by atoms with E-state index in [2.05, 4.69) is 23.8 Å². The highest BCUT2D eigenvalue weighted by atomic mass is 35.5. The summed E-state index contributed by atoms with van der Waals surface area (Å²) >= 11 is 7.69. The first-order valence-corrected chi connectivity index (χ1v) is 4.86. The van der Waals surface area contributed by atoms with E-state index in [1.54, 1.807) is 11.3 Å². The SMILES string of the molecule is CCC(Cl)Cc1ccsc1. The van der Waals surface area contributed by atoms with Crippen LogP contribution in [-0.2, 0) is 6.42 Å². The molecule has 0 aromatic carbocycles. The molecule has 0 spiro atoms. The summed E-state index contributed by atoms with van der Waals surface area (Å²) in [5.74, 6) is 0. The Morgan fingerprint density at radius 3 is 3.00 bits per heavy atom. The van der Waals surface area contributed by atoms with Gasteiger partial charge in [0.15, 0.2) is 0 Å². The van der Waals surface area contributed by atoms with Gasteiger partial charge in [0.05, 0.1) is 0 Å². The second-order valence-electron chi connectivity index (χ2n) is 2.34. The molecule has 1 aromatic heterocycles. The van der Waals surface area contributed by atoms with Gasteiger partial charge in [-0.1, -0.05) is 6.92 Å². The number of alkyl halides is 1. The summed E-state index contributed by atoms with van der Waals surface area (Å²) in [7, 11) is 0. The first-order chi connectivity index (χ1) is 4.83. The fraction of sp³-hybridized carbons (Fsp3) is 0.500. The molecular weight excluding hydrogens is 164 g/mol. The average molecular weight is 175 g/mol. The fourth-order valence-electron chi connectivity index (χ4n) is 0.809. The molecule has 0 N–H and O–H groups in total. The van der Waals surface area contributed by atoms with E-state index in [0.717, 1.165) is 12.8 Å². The summed E-state index contributed by atoms with van der Waals surface area (Å²) in [6, 6.07) is 2.13. The van der Waals surface area contributed by atoms with Crippen LogP contribution in [0.15, 0.2) is 16.8 Å². The molecule has 0 aliphatic heterocycles. The van der Waals surface area contributed by atoms with Crippen LogP contribution in [0.3, 0.4) is 0 Å². The van der Waals surface area contributed by atoms with Gasteiger partial charge >= 0.3 is 0 Å². The van der Waals surface area contributed by atoms with Crippen LogP contribution in [0.1, 0.15) is 18.9 Å². The minimum absolute atomic E-state index is 0.314. The highest BCUT2D eigenvalue weighted by Gasteiger charge is 2.01. The molecule has 10 heavy (non-hydrogen) atoms. The first kappa shape index (κ1) is 8.09. The maximum atomic E-state index is 5.96. The maximum absolute atomic E-state index is 5.96. The van der Waals surface area contributed by atoms with Gasteiger partial charge in [0.2, 0.25) is 0 Å². The quantitative estimate of drug-likeness (QED) is 0.617. The molecule has 0 saturated carbocycles. The number of hydrogen-bond acceptors (Lipinski definition) is 1. The molecule has 1 aromatic rings. The number of thiophene rings is 1. The van der Waals surface area contributed by atoms with Gasteiger partial charge in [-0.15, -0.1) is 11.6 Å². The molecule has 0 bridgehead atoms. The zero-order valence-corrected chi connectivity index (χ0v) is 7.58. The van der Waals surface area contributed by atoms with Gasteiger partial charge in [-0.05, 0) is 35.2 Å². The monoisotopic (exact) mass is 174 g/mol. The van der Waals surface area contributed by atoms with Crippen molar-refractivity contribution in [1.29, 1.82) is 0 Å². The second-order valence-corrected chi connectivity index (χ2v) is 3.74. The van der Waals surface area contributed by atoms with E-state index in [1.165, 1.54) is 5.56 Å². The van der Waals surface area contributed by atoms with Crippen molar-refractivity contribution in [3.8, 4) is 0 Å². The van der Waals surface area contributed by atoms with Crippen molar-refractivity contribution in [2.45, 2.75) is 25.1 Å². The minimum Gasteiger partial charge on any atom is -0.152 e. The van der Waals surface area contributed by atoms with Gasteiger partial charge in [0.25, 0.3) is 0 Å². The van der Waals surface area contributed by atoms with Crippen LogP contribution in [0.4, 0.5) is 0 Å². The zero-order valence-electron chi connectivity index (χ0n) is 6.01.